The monoisotopic (exact) mass is 910 g/mol. The quantitative estimate of drug-likeness (QED) is 0.116. The van der Waals surface area contributed by atoms with Crippen molar-refractivity contribution in [2.75, 3.05) is 44.9 Å². The summed E-state index contributed by atoms with van der Waals surface area (Å²) in [5.74, 6) is 1.91. The van der Waals surface area contributed by atoms with E-state index in [1.165, 1.54) is 7.11 Å². The number of hydrogen-bond donors (Lipinski definition) is 3. The number of likely N-dealkylation sites (tertiary alicyclic amines) is 1. The molecule has 4 aliphatic rings. The van der Waals surface area contributed by atoms with Gasteiger partial charge in [0.2, 0.25) is 11.8 Å². The largest absolute Gasteiger partial charge is 0.491 e. The van der Waals surface area contributed by atoms with Gasteiger partial charge in [-0.05, 0) is 71.3 Å². The number of amides is 4. The zero-order valence-electron chi connectivity index (χ0n) is 38.1. The Balaban J connectivity index is 1.47. The molecule has 1 spiro atoms. The average molecular weight is 911 g/mol. The fourth-order valence-corrected chi connectivity index (χ4v) is 10.6. The summed E-state index contributed by atoms with van der Waals surface area (Å²) in [7, 11) is 1.22. The third-order valence-electron chi connectivity index (χ3n) is 13.5. The van der Waals surface area contributed by atoms with Crippen molar-refractivity contribution in [2.24, 2.45) is 11.8 Å². The molecular weight excluding hydrogens is 853 g/mol. The second kappa shape index (κ2) is 20.5. The maximum atomic E-state index is 16.7. The van der Waals surface area contributed by atoms with Crippen molar-refractivity contribution in [3.05, 3.63) is 131 Å². The maximum absolute atomic E-state index is 16.7. The van der Waals surface area contributed by atoms with Crippen LogP contribution in [0.15, 0.2) is 103 Å². The Labute approximate surface area is 391 Å². The van der Waals surface area contributed by atoms with Crippen LogP contribution in [0.1, 0.15) is 98.4 Å². The van der Waals surface area contributed by atoms with Crippen LogP contribution in [-0.4, -0.2) is 102 Å². The number of nitrogens with zero attached hydrogens (tertiary/aromatic N) is 3. The Morgan fingerprint density at radius 2 is 1.49 bits per heavy atom. The number of aliphatic hydroxyl groups excluding tert-OH is 2. The molecule has 3 N–H and O–H groups in total. The van der Waals surface area contributed by atoms with Gasteiger partial charge in [0, 0.05) is 25.1 Å². The maximum Gasteiger partial charge on any atom is 0.329 e. The van der Waals surface area contributed by atoms with E-state index in [1.54, 1.807) is 55.1 Å². The van der Waals surface area contributed by atoms with Crippen LogP contribution in [0, 0.1) is 23.7 Å². The summed E-state index contributed by atoms with van der Waals surface area (Å²) in [4.78, 5) is 81.3. The van der Waals surface area contributed by atoms with Crippen LogP contribution in [-0.2, 0) is 34.1 Å². The van der Waals surface area contributed by atoms with E-state index >= 15 is 19.2 Å². The van der Waals surface area contributed by atoms with Gasteiger partial charge in [0.1, 0.15) is 36.0 Å². The smallest absolute Gasteiger partial charge is 0.329 e. The van der Waals surface area contributed by atoms with Crippen LogP contribution in [0.5, 0.6) is 5.75 Å². The number of cyclic esters (lactones) is 1. The van der Waals surface area contributed by atoms with Crippen molar-refractivity contribution < 1.29 is 48.4 Å². The summed E-state index contributed by atoms with van der Waals surface area (Å²) >= 11 is 0. The highest BCUT2D eigenvalue weighted by atomic mass is 16.6. The lowest BCUT2D eigenvalue weighted by Crippen LogP contribution is -2.58. The first-order chi connectivity index (χ1) is 32.6. The lowest BCUT2D eigenvalue weighted by atomic mass is 9.64. The first kappa shape index (κ1) is 47.0. The fourth-order valence-electron chi connectivity index (χ4n) is 10.6. The number of carbonyl (C=O) groups is 5. The number of imide groups is 1. The molecule has 4 aromatic rings. The van der Waals surface area contributed by atoms with Crippen LogP contribution in [0.4, 0.5) is 10.5 Å². The number of urea groups is 1. The molecule has 7 atom stereocenters. The summed E-state index contributed by atoms with van der Waals surface area (Å²) < 4.78 is 17.7. The summed E-state index contributed by atoms with van der Waals surface area (Å²) in [5, 5.41) is 22.3. The molecule has 4 aliphatic heterocycles. The van der Waals surface area contributed by atoms with Gasteiger partial charge in [-0.25, -0.2) is 14.5 Å². The van der Waals surface area contributed by atoms with Crippen molar-refractivity contribution in [3.63, 3.8) is 0 Å². The van der Waals surface area contributed by atoms with Crippen molar-refractivity contribution >= 4 is 35.5 Å². The molecule has 0 unspecified atom stereocenters. The fraction of sp³-hybridized carbons (Fsp3) is 0.415. The van der Waals surface area contributed by atoms with Crippen molar-refractivity contribution in [2.45, 2.75) is 88.1 Å². The Hall–Kier alpha value is -6.53. The van der Waals surface area contributed by atoms with Crippen LogP contribution in [0.3, 0.4) is 0 Å². The van der Waals surface area contributed by atoms with E-state index in [0.717, 1.165) is 29.7 Å². The van der Waals surface area contributed by atoms with Gasteiger partial charge in [0.25, 0.3) is 0 Å². The standard InChI is InChI=1S/C53H58N4O10/c1-34(2)43(49(61)65-3)54-52(64)56-41-26-25-35(18-13-16-29-58)32-40(41)53(51(56)63)42(48(60)55-27-14-5-4-6-15-28-55)45-50(62)67-46(37-21-11-8-12-22-37)44(36-19-9-7-10-20-36)57(45)47(53)38-23-17-24-39(33-38)66-31-30-59/h7-12,17,19-26,32-34,42-47,58-59H,4-6,14-16,27-31H2,1-3H3,(H,54,64)/t42-,43-,44-,45-,46+,47+,53-/m0/s1. The molecule has 8 rings (SSSR count). The highest BCUT2D eigenvalue weighted by Gasteiger charge is 2.76. The van der Waals surface area contributed by atoms with Gasteiger partial charge in [0.15, 0.2) is 0 Å². The Kier molecular flexibility index (Phi) is 14.4. The first-order valence-electron chi connectivity index (χ1n) is 23.2. The summed E-state index contributed by atoms with van der Waals surface area (Å²) in [6.07, 6.45) is 3.50. The van der Waals surface area contributed by atoms with Gasteiger partial charge in [-0.3, -0.25) is 19.3 Å². The molecule has 0 bridgehead atoms. The Morgan fingerprint density at radius 3 is 2.15 bits per heavy atom. The molecular formula is C53H58N4O10. The summed E-state index contributed by atoms with van der Waals surface area (Å²) in [6.45, 7) is 3.80. The molecule has 4 aromatic carbocycles. The molecule has 3 saturated heterocycles. The van der Waals surface area contributed by atoms with Crippen molar-refractivity contribution in [3.8, 4) is 17.6 Å². The molecule has 4 heterocycles. The summed E-state index contributed by atoms with van der Waals surface area (Å²) in [5.41, 5.74) is 0.776. The third-order valence-corrected chi connectivity index (χ3v) is 13.5. The van der Waals surface area contributed by atoms with Gasteiger partial charge < -0.3 is 34.6 Å². The topological polar surface area (TPSA) is 175 Å². The van der Waals surface area contributed by atoms with Crippen molar-refractivity contribution in [1.82, 2.24) is 15.1 Å². The first-order valence-corrected chi connectivity index (χ1v) is 23.2. The zero-order chi connectivity index (χ0) is 47.2. The highest BCUT2D eigenvalue weighted by molar-refractivity contribution is 6.25. The van der Waals surface area contributed by atoms with Crippen molar-refractivity contribution in [1.29, 1.82) is 0 Å². The number of methoxy groups -OCH3 is 1. The molecule has 4 amide bonds. The van der Waals surface area contributed by atoms with E-state index in [-0.39, 0.29) is 37.5 Å². The lowest BCUT2D eigenvalue weighted by Gasteiger charge is -2.46. The average Bonchev–Trinajstić information content (AvgIpc) is 3.79. The SMILES string of the molecule is COC(=O)[C@@H](NC(=O)N1C(=O)[C@@]2(c3cc(C#CCCO)ccc31)[C@H](C(=O)N1CCCCCCC1)[C@H]1C(=O)O[C@H](c3ccccc3)[C@H](c3ccccc3)N1[C@@H]2c1cccc(OCCO)c1)C(C)C. The van der Waals surface area contributed by atoms with Gasteiger partial charge in [-0.15, -0.1) is 0 Å². The molecule has 14 nitrogen and oxygen atoms in total. The van der Waals surface area contributed by atoms with Crippen LogP contribution in [0.2, 0.25) is 0 Å². The van der Waals surface area contributed by atoms with Gasteiger partial charge in [0.05, 0.1) is 44.0 Å². The predicted molar refractivity (Wildman–Crippen MR) is 248 cm³/mol. The molecule has 14 heteroatoms. The van der Waals surface area contributed by atoms with Gasteiger partial charge in [-0.1, -0.05) is 118 Å². The second-order valence-electron chi connectivity index (χ2n) is 17.8. The Bertz CT molecular complexity index is 2520. The zero-order valence-corrected chi connectivity index (χ0v) is 38.1. The number of benzene rings is 4. The van der Waals surface area contributed by atoms with E-state index in [2.05, 4.69) is 17.2 Å². The number of morpholine rings is 1. The highest BCUT2D eigenvalue weighted by Crippen LogP contribution is 2.66. The van der Waals surface area contributed by atoms with Gasteiger partial charge >= 0.3 is 18.0 Å². The van der Waals surface area contributed by atoms with Crippen LogP contribution < -0.4 is 15.0 Å². The second-order valence-corrected chi connectivity index (χ2v) is 17.8. The lowest BCUT2D eigenvalue weighted by molar-refractivity contribution is -0.179. The van der Waals surface area contributed by atoms with E-state index in [1.807, 2.05) is 71.6 Å². The van der Waals surface area contributed by atoms with E-state index in [4.69, 9.17) is 14.2 Å². The summed E-state index contributed by atoms with van der Waals surface area (Å²) in [6, 6.07) is 25.6. The number of ether oxygens (including phenoxy) is 3. The normalized spacial score (nSPS) is 24.1. The predicted octanol–water partition coefficient (Wildman–Crippen LogP) is 6.16. The third kappa shape index (κ3) is 8.79. The van der Waals surface area contributed by atoms with E-state index < -0.39 is 77.3 Å². The minimum atomic E-state index is -2.04. The minimum Gasteiger partial charge on any atom is -0.491 e. The number of esters is 2. The number of carbonyl (C=O) groups excluding carboxylic acids is 5. The number of anilines is 1. The molecule has 350 valence electrons. The number of aliphatic hydroxyl groups is 2. The van der Waals surface area contributed by atoms with Gasteiger partial charge in [-0.2, -0.15) is 0 Å². The van der Waals surface area contributed by atoms with Crippen LogP contribution >= 0.6 is 0 Å². The van der Waals surface area contributed by atoms with Crippen LogP contribution in [0.25, 0.3) is 0 Å². The number of nitrogens with one attached hydrogen (secondary N) is 1. The van der Waals surface area contributed by atoms with E-state index in [9.17, 15) is 15.0 Å². The molecule has 0 aliphatic carbocycles. The number of rotatable bonds is 11. The molecule has 0 radical (unpaired) electrons. The molecule has 3 fully saturated rings. The Morgan fingerprint density at radius 1 is 0.821 bits per heavy atom. The molecule has 0 aromatic heterocycles. The minimum absolute atomic E-state index is 0.0283. The number of fused-ring (bicyclic) bond motifs is 3. The number of hydrogen-bond acceptors (Lipinski definition) is 11. The molecule has 0 saturated carbocycles. The van der Waals surface area contributed by atoms with E-state index in [0.29, 0.717) is 48.4 Å². The molecule has 67 heavy (non-hydrogen) atoms.